The minimum atomic E-state index is 0.765. The van der Waals surface area contributed by atoms with Crippen LogP contribution >= 0.6 is 11.3 Å². The van der Waals surface area contributed by atoms with Gasteiger partial charge in [-0.05, 0) is 29.1 Å². The van der Waals surface area contributed by atoms with Gasteiger partial charge in [-0.3, -0.25) is 4.98 Å². The summed E-state index contributed by atoms with van der Waals surface area (Å²) in [6, 6.07) is 5.96. The highest BCUT2D eigenvalue weighted by Gasteiger charge is 2.03. The van der Waals surface area contributed by atoms with E-state index >= 15 is 0 Å². The summed E-state index contributed by atoms with van der Waals surface area (Å²) in [5.74, 6) is 0. The third-order valence-electron chi connectivity index (χ3n) is 2.47. The highest BCUT2D eigenvalue weighted by Crippen LogP contribution is 2.26. The zero-order chi connectivity index (χ0) is 11.5. The quantitative estimate of drug-likeness (QED) is 0.767. The van der Waals surface area contributed by atoms with Gasteiger partial charge in [0, 0.05) is 18.9 Å². The molecule has 0 radical (unpaired) electrons. The van der Waals surface area contributed by atoms with Crippen LogP contribution in [0.25, 0.3) is 10.2 Å². The van der Waals surface area contributed by atoms with Crippen LogP contribution in [-0.2, 0) is 6.54 Å². The molecule has 4 nitrogen and oxygen atoms in total. The number of nitrogens with zero attached hydrogens (tertiary/aromatic N) is 3. The molecule has 0 atom stereocenters. The summed E-state index contributed by atoms with van der Waals surface area (Å²) in [4.78, 5) is 3.99. The largest absolute Gasteiger partial charge is 0.378 e. The smallest absolute Gasteiger partial charge is 0.106 e. The van der Waals surface area contributed by atoms with Crippen molar-refractivity contribution in [1.29, 1.82) is 0 Å². The van der Waals surface area contributed by atoms with Gasteiger partial charge in [-0.1, -0.05) is 0 Å². The van der Waals surface area contributed by atoms with E-state index in [9.17, 15) is 0 Å². The fraction of sp³-hybridized carbons (Fsp3) is 0.0833. The molecule has 0 aliphatic heterocycles. The first kappa shape index (κ1) is 10.2. The van der Waals surface area contributed by atoms with Crippen LogP contribution < -0.4 is 5.32 Å². The molecule has 3 aromatic rings. The second-order valence-corrected chi connectivity index (χ2v) is 4.52. The highest BCUT2D eigenvalue weighted by molar-refractivity contribution is 7.17. The first-order valence-electron chi connectivity index (χ1n) is 5.25. The number of anilines is 1. The minimum Gasteiger partial charge on any atom is -0.378 e. The first-order valence-corrected chi connectivity index (χ1v) is 6.13. The molecule has 17 heavy (non-hydrogen) atoms. The van der Waals surface area contributed by atoms with Crippen LogP contribution in [-0.4, -0.2) is 15.2 Å². The molecule has 0 aliphatic carbocycles. The molecular weight excluding hydrogens is 232 g/mol. The second kappa shape index (κ2) is 4.47. The Hall–Kier alpha value is -2.01. The van der Waals surface area contributed by atoms with Crippen molar-refractivity contribution in [3.63, 3.8) is 0 Å². The Bertz CT molecular complexity index is 620. The molecule has 3 rings (SSSR count). The van der Waals surface area contributed by atoms with Gasteiger partial charge >= 0.3 is 0 Å². The third-order valence-corrected chi connectivity index (χ3v) is 3.41. The molecular formula is C12H10N4S. The van der Waals surface area contributed by atoms with Crippen LogP contribution in [0, 0.1) is 0 Å². The van der Waals surface area contributed by atoms with Crippen LogP contribution in [0.4, 0.5) is 5.69 Å². The Morgan fingerprint density at radius 1 is 1.18 bits per heavy atom. The Morgan fingerprint density at radius 2 is 2.06 bits per heavy atom. The van der Waals surface area contributed by atoms with Gasteiger partial charge < -0.3 is 5.32 Å². The summed E-state index contributed by atoms with van der Waals surface area (Å²) < 4.78 is 1.15. The summed E-state index contributed by atoms with van der Waals surface area (Å²) in [5.41, 5.74) is 3.16. The minimum absolute atomic E-state index is 0.765. The number of thiophene rings is 1. The highest BCUT2D eigenvalue weighted by atomic mass is 32.1. The standard InChI is InChI=1S/C12H10N4S/c1-4-13-5-2-9(1)7-14-11-8-15-16-10-3-6-17-12(10)11/h1-6,8H,7H2,(H,14,16). The number of rotatable bonds is 3. The van der Waals surface area contributed by atoms with E-state index in [1.807, 2.05) is 23.6 Å². The molecule has 0 spiro atoms. The summed E-state index contributed by atoms with van der Waals surface area (Å²) in [6.45, 7) is 0.765. The van der Waals surface area contributed by atoms with E-state index in [0.29, 0.717) is 0 Å². The lowest BCUT2D eigenvalue weighted by atomic mass is 10.2. The Kier molecular flexibility index (Phi) is 2.67. The van der Waals surface area contributed by atoms with Crippen LogP contribution in [0.15, 0.2) is 42.2 Å². The van der Waals surface area contributed by atoms with Crippen molar-refractivity contribution >= 4 is 27.2 Å². The lowest BCUT2D eigenvalue weighted by molar-refractivity contribution is 1.06. The van der Waals surface area contributed by atoms with Gasteiger partial charge in [0.1, 0.15) is 5.52 Å². The molecule has 0 aromatic carbocycles. The summed E-state index contributed by atoms with van der Waals surface area (Å²) in [6.07, 6.45) is 5.35. The molecule has 1 N–H and O–H groups in total. The Balaban J connectivity index is 1.84. The van der Waals surface area contributed by atoms with Crippen molar-refractivity contribution in [2.75, 3.05) is 5.32 Å². The van der Waals surface area contributed by atoms with Crippen molar-refractivity contribution in [1.82, 2.24) is 15.2 Å². The average molecular weight is 242 g/mol. The van der Waals surface area contributed by atoms with E-state index in [1.54, 1.807) is 29.9 Å². The van der Waals surface area contributed by atoms with E-state index in [0.717, 1.165) is 22.4 Å². The van der Waals surface area contributed by atoms with Crippen molar-refractivity contribution in [3.8, 4) is 0 Å². The number of nitrogens with one attached hydrogen (secondary N) is 1. The number of hydrogen-bond acceptors (Lipinski definition) is 5. The van der Waals surface area contributed by atoms with Crippen LogP contribution in [0.2, 0.25) is 0 Å². The van der Waals surface area contributed by atoms with Gasteiger partial charge in [-0.25, -0.2) is 0 Å². The fourth-order valence-electron chi connectivity index (χ4n) is 1.61. The van der Waals surface area contributed by atoms with Crippen molar-refractivity contribution < 1.29 is 0 Å². The molecule has 0 bridgehead atoms. The predicted molar refractivity (Wildman–Crippen MR) is 69.0 cm³/mol. The average Bonchev–Trinajstić information content (AvgIpc) is 2.86. The molecule has 3 aromatic heterocycles. The molecule has 0 amide bonds. The maximum atomic E-state index is 4.07. The van der Waals surface area contributed by atoms with Crippen molar-refractivity contribution in [2.24, 2.45) is 0 Å². The van der Waals surface area contributed by atoms with Crippen molar-refractivity contribution in [2.45, 2.75) is 6.54 Å². The lowest BCUT2D eigenvalue weighted by Gasteiger charge is -2.06. The number of hydrogen-bond donors (Lipinski definition) is 1. The monoisotopic (exact) mass is 242 g/mol. The molecule has 3 heterocycles. The Labute approximate surface area is 102 Å². The Morgan fingerprint density at radius 3 is 2.94 bits per heavy atom. The molecule has 0 saturated carbocycles. The van der Waals surface area contributed by atoms with Gasteiger partial charge in [0.2, 0.25) is 0 Å². The summed E-state index contributed by atoms with van der Waals surface area (Å²) in [5, 5.41) is 13.4. The third kappa shape index (κ3) is 2.09. The lowest BCUT2D eigenvalue weighted by Crippen LogP contribution is -2.00. The van der Waals surface area contributed by atoms with Gasteiger partial charge in [0.15, 0.2) is 0 Å². The van der Waals surface area contributed by atoms with E-state index < -0.39 is 0 Å². The SMILES string of the molecule is c1cc(CNc2cnnc3ccsc23)ccn1. The molecule has 5 heteroatoms. The normalized spacial score (nSPS) is 10.6. The van der Waals surface area contributed by atoms with Gasteiger partial charge in [0.25, 0.3) is 0 Å². The maximum Gasteiger partial charge on any atom is 0.106 e. The molecule has 84 valence electrons. The number of pyridine rings is 1. The topological polar surface area (TPSA) is 50.7 Å². The van der Waals surface area contributed by atoms with Crippen LogP contribution in [0.1, 0.15) is 5.56 Å². The molecule has 0 fully saturated rings. The predicted octanol–water partition coefficient (Wildman–Crippen LogP) is 2.70. The number of aromatic nitrogens is 3. The van der Waals surface area contributed by atoms with E-state index in [2.05, 4.69) is 20.5 Å². The number of fused-ring (bicyclic) bond motifs is 1. The summed E-state index contributed by atoms with van der Waals surface area (Å²) in [7, 11) is 0. The zero-order valence-corrected chi connectivity index (χ0v) is 9.81. The van der Waals surface area contributed by atoms with Crippen LogP contribution in [0.5, 0.6) is 0 Å². The summed E-state index contributed by atoms with van der Waals surface area (Å²) >= 11 is 1.67. The maximum absolute atomic E-state index is 4.07. The fourth-order valence-corrected chi connectivity index (χ4v) is 2.43. The first-order chi connectivity index (χ1) is 8.43. The molecule has 0 saturated heterocycles. The van der Waals surface area contributed by atoms with E-state index in [-0.39, 0.29) is 0 Å². The van der Waals surface area contributed by atoms with E-state index in [1.165, 1.54) is 5.56 Å². The second-order valence-electron chi connectivity index (χ2n) is 3.60. The molecule has 0 aliphatic rings. The van der Waals surface area contributed by atoms with Gasteiger partial charge in [-0.15, -0.1) is 16.4 Å². The van der Waals surface area contributed by atoms with Crippen LogP contribution in [0.3, 0.4) is 0 Å². The zero-order valence-electron chi connectivity index (χ0n) is 9.00. The van der Waals surface area contributed by atoms with Gasteiger partial charge in [-0.2, -0.15) is 5.10 Å². The molecule has 0 unspecified atom stereocenters. The van der Waals surface area contributed by atoms with E-state index in [4.69, 9.17) is 0 Å². The van der Waals surface area contributed by atoms with Gasteiger partial charge in [0.05, 0.1) is 16.6 Å². The van der Waals surface area contributed by atoms with Crippen molar-refractivity contribution in [3.05, 3.63) is 47.7 Å².